The highest BCUT2D eigenvalue weighted by atomic mass is 16.1. The zero-order valence-electron chi connectivity index (χ0n) is 20.2. The van der Waals surface area contributed by atoms with E-state index in [-0.39, 0.29) is 23.8 Å². The number of nitrogens with one attached hydrogen (secondary N) is 1. The quantitative estimate of drug-likeness (QED) is 0.536. The normalized spacial score (nSPS) is 18.8. The molecular weight excluding hydrogens is 424 g/mol. The summed E-state index contributed by atoms with van der Waals surface area (Å²) in [5.41, 5.74) is 9.10. The number of aromatic nitrogens is 3. The number of anilines is 1. The zero-order chi connectivity index (χ0) is 24.2. The summed E-state index contributed by atoms with van der Waals surface area (Å²) in [6.07, 6.45) is 7.64. The second kappa shape index (κ2) is 10.0. The number of nitrogens with two attached hydrogens (primary N) is 1. The molecule has 0 unspecified atom stereocenters. The summed E-state index contributed by atoms with van der Waals surface area (Å²) in [6.45, 7) is 8.80. The van der Waals surface area contributed by atoms with E-state index in [1.54, 1.807) is 6.92 Å². The maximum absolute atomic E-state index is 13.7. The summed E-state index contributed by atoms with van der Waals surface area (Å²) in [6, 6.07) is 10.2. The number of allylic oxidation sites excluding steroid dienone is 1. The van der Waals surface area contributed by atoms with Gasteiger partial charge in [-0.15, -0.1) is 0 Å². The fraction of sp³-hybridized carbons (Fsp3) is 0.370. The van der Waals surface area contributed by atoms with Gasteiger partial charge in [0.2, 0.25) is 0 Å². The monoisotopic (exact) mass is 456 g/mol. The molecule has 3 atom stereocenters. The van der Waals surface area contributed by atoms with Crippen molar-refractivity contribution in [2.24, 2.45) is 0 Å². The summed E-state index contributed by atoms with van der Waals surface area (Å²) in [4.78, 5) is 24.8. The molecular formula is C27H32N6O. The van der Waals surface area contributed by atoms with Crippen LogP contribution in [-0.4, -0.2) is 37.9 Å². The summed E-state index contributed by atoms with van der Waals surface area (Å²) >= 11 is 0. The third-order valence-corrected chi connectivity index (χ3v) is 6.54. The molecule has 1 aliphatic heterocycles. The molecule has 0 saturated carbocycles. The smallest absolute Gasteiger partial charge is 0.255 e. The van der Waals surface area contributed by atoms with Crippen LogP contribution in [0.3, 0.4) is 0 Å². The summed E-state index contributed by atoms with van der Waals surface area (Å²) in [5, 5.41) is 3.70. The standard InChI is InChI=1S/C27H32N6O/c1-5-11-22-23(27(34)31-18(4)19-12-9-8-10-13-19)24-25(28)29-17-30-26(24)33(22)21-15-20(7-3)32(16-21)14-6-2/h6,8-10,12-14,17-18,20-21H,7,15-16H2,1-4H3,(H,31,34)(H2,28,29,30)/t18-,20+,21-/m1/s1. The molecule has 1 aliphatic rings. The molecule has 0 aliphatic carbocycles. The van der Waals surface area contributed by atoms with Crippen LogP contribution in [0.4, 0.5) is 5.82 Å². The average Bonchev–Trinajstić information content (AvgIpc) is 3.39. The Balaban J connectivity index is 1.83. The lowest BCUT2D eigenvalue weighted by atomic mass is 10.1. The summed E-state index contributed by atoms with van der Waals surface area (Å²) in [7, 11) is 0. The van der Waals surface area contributed by atoms with E-state index in [1.165, 1.54) is 6.33 Å². The molecule has 3 aromatic rings. The summed E-state index contributed by atoms with van der Waals surface area (Å²) in [5.74, 6) is 6.27. The number of hydrogen-bond donors (Lipinski definition) is 2. The van der Waals surface area contributed by atoms with Gasteiger partial charge in [0.25, 0.3) is 5.91 Å². The van der Waals surface area contributed by atoms with Gasteiger partial charge in [-0.25, -0.2) is 9.97 Å². The van der Waals surface area contributed by atoms with Crippen LogP contribution < -0.4 is 11.1 Å². The van der Waals surface area contributed by atoms with Gasteiger partial charge in [-0.05, 0) is 51.3 Å². The topological polar surface area (TPSA) is 89.1 Å². The second-order valence-electron chi connectivity index (χ2n) is 8.66. The largest absolute Gasteiger partial charge is 0.383 e. The number of nitrogen functional groups attached to an aromatic ring is 1. The minimum absolute atomic E-state index is 0.113. The van der Waals surface area contributed by atoms with Gasteiger partial charge in [0.05, 0.1) is 23.0 Å². The molecule has 3 heterocycles. The molecule has 1 fully saturated rings. The Kier molecular flexibility index (Phi) is 6.87. The Morgan fingerprint density at radius 3 is 2.76 bits per heavy atom. The van der Waals surface area contributed by atoms with Gasteiger partial charge in [0.1, 0.15) is 23.5 Å². The van der Waals surface area contributed by atoms with Crippen molar-refractivity contribution >= 4 is 22.8 Å². The molecule has 0 radical (unpaired) electrons. The first-order valence-electron chi connectivity index (χ1n) is 11.8. The van der Waals surface area contributed by atoms with Crippen molar-refractivity contribution in [3.63, 3.8) is 0 Å². The lowest BCUT2D eigenvalue weighted by Gasteiger charge is -2.20. The highest BCUT2D eigenvalue weighted by Crippen LogP contribution is 2.37. The van der Waals surface area contributed by atoms with Gasteiger partial charge >= 0.3 is 0 Å². The maximum Gasteiger partial charge on any atom is 0.255 e. The van der Waals surface area contributed by atoms with Crippen molar-refractivity contribution in [3.05, 3.63) is 65.8 Å². The van der Waals surface area contributed by atoms with Crippen molar-refractivity contribution < 1.29 is 4.79 Å². The number of likely N-dealkylation sites (tertiary alicyclic amines) is 1. The van der Waals surface area contributed by atoms with Gasteiger partial charge in [-0.1, -0.05) is 49.3 Å². The molecule has 2 aromatic heterocycles. The number of nitrogens with zero attached hydrogens (tertiary/aromatic N) is 4. The van der Waals surface area contributed by atoms with Crippen LogP contribution >= 0.6 is 0 Å². The lowest BCUT2D eigenvalue weighted by molar-refractivity contribution is 0.0941. The van der Waals surface area contributed by atoms with E-state index in [1.807, 2.05) is 44.2 Å². The van der Waals surface area contributed by atoms with E-state index in [9.17, 15) is 4.79 Å². The molecule has 0 bridgehead atoms. The molecule has 34 heavy (non-hydrogen) atoms. The van der Waals surface area contributed by atoms with Crippen LogP contribution in [0.1, 0.15) is 74.2 Å². The van der Waals surface area contributed by atoms with E-state index in [0.29, 0.717) is 28.3 Å². The molecule has 1 aromatic carbocycles. The van der Waals surface area contributed by atoms with Crippen LogP contribution in [-0.2, 0) is 0 Å². The van der Waals surface area contributed by atoms with E-state index >= 15 is 0 Å². The van der Waals surface area contributed by atoms with Gasteiger partial charge in [-0.3, -0.25) is 4.79 Å². The second-order valence-corrected chi connectivity index (χ2v) is 8.66. The minimum Gasteiger partial charge on any atom is -0.383 e. The number of fused-ring (bicyclic) bond motifs is 1. The predicted molar refractivity (Wildman–Crippen MR) is 136 cm³/mol. The summed E-state index contributed by atoms with van der Waals surface area (Å²) < 4.78 is 2.11. The number of carbonyl (C=O) groups excluding carboxylic acids is 1. The zero-order valence-corrected chi connectivity index (χ0v) is 20.2. The molecule has 1 amide bonds. The Morgan fingerprint density at radius 1 is 1.32 bits per heavy atom. The predicted octanol–water partition coefficient (Wildman–Crippen LogP) is 4.43. The van der Waals surface area contributed by atoms with Crippen LogP contribution in [0.15, 0.2) is 48.9 Å². The van der Waals surface area contributed by atoms with Crippen molar-refractivity contribution in [3.8, 4) is 11.8 Å². The molecule has 0 spiro atoms. The molecule has 176 valence electrons. The fourth-order valence-electron chi connectivity index (χ4n) is 4.95. The lowest BCUT2D eigenvalue weighted by Crippen LogP contribution is -2.27. The van der Waals surface area contributed by atoms with E-state index < -0.39 is 0 Å². The van der Waals surface area contributed by atoms with E-state index in [4.69, 9.17) is 5.73 Å². The SMILES string of the molecule is CC#Cc1c(C(=O)N[C@H](C)c2ccccc2)c2c(N)ncnc2n1[C@@H]1C[C@H](CC)N(C=CC)C1. The fourth-order valence-corrected chi connectivity index (χ4v) is 4.95. The maximum atomic E-state index is 13.7. The molecule has 4 rings (SSSR count). The Labute approximate surface area is 201 Å². The Hall–Kier alpha value is -3.79. The number of amides is 1. The molecule has 3 N–H and O–H groups in total. The first-order valence-corrected chi connectivity index (χ1v) is 11.8. The third-order valence-electron chi connectivity index (χ3n) is 6.54. The minimum atomic E-state index is -0.227. The number of hydrogen-bond acceptors (Lipinski definition) is 5. The van der Waals surface area contributed by atoms with Gasteiger partial charge < -0.3 is 20.5 Å². The van der Waals surface area contributed by atoms with E-state index in [0.717, 1.165) is 24.9 Å². The number of carbonyl (C=O) groups is 1. The van der Waals surface area contributed by atoms with Gasteiger partial charge in [-0.2, -0.15) is 0 Å². The van der Waals surface area contributed by atoms with Gasteiger partial charge in [0, 0.05) is 12.6 Å². The first-order chi connectivity index (χ1) is 16.5. The van der Waals surface area contributed by atoms with Crippen LogP contribution in [0.2, 0.25) is 0 Å². The first kappa shape index (κ1) is 23.4. The highest BCUT2D eigenvalue weighted by Gasteiger charge is 2.35. The molecule has 1 saturated heterocycles. The number of rotatable bonds is 6. The third kappa shape index (κ3) is 4.24. The van der Waals surface area contributed by atoms with Crippen LogP contribution in [0.5, 0.6) is 0 Å². The van der Waals surface area contributed by atoms with Crippen molar-refractivity contribution in [1.82, 2.24) is 24.8 Å². The van der Waals surface area contributed by atoms with Crippen molar-refractivity contribution in [2.45, 2.75) is 58.7 Å². The van der Waals surface area contributed by atoms with Gasteiger partial charge in [0.15, 0.2) is 0 Å². The molecule has 7 heteroatoms. The van der Waals surface area contributed by atoms with Crippen LogP contribution in [0.25, 0.3) is 11.0 Å². The van der Waals surface area contributed by atoms with Crippen molar-refractivity contribution in [2.75, 3.05) is 12.3 Å². The Bertz CT molecular complexity index is 1270. The van der Waals surface area contributed by atoms with Crippen molar-refractivity contribution in [1.29, 1.82) is 0 Å². The van der Waals surface area contributed by atoms with E-state index in [2.05, 4.69) is 55.8 Å². The van der Waals surface area contributed by atoms with Crippen LogP contribution in [0, 0.1) is 11.8 Å². The number of benzene rings is 1. The highest BCUT2D eigenvalue weighted by molar-refractivity contribution is 6.11. The molecule has 7 nitrogen and oxygen atoms in total. The Morgan fingerprint density at radius 2 is 2.09 bits per heavy atom. The average molecular weight is 457 g/mol.